The Labute approximate surface area is 75.6 Å². The molecule has 1 heterocycles. The molecule has 0 fully saturated rings. The molecule has 1 rings (SSSR count). The van der Waals surface area contributed by atoms with E-state index in [-0.39, 0.29) is 6.10 Å². The summed E-state index contributed by atoms with van der Waals surface area (Å²) >= 11 is 1.53. The van der Waals surface area contributed by atoms with Crippen LogP contribution in [0.25, 0.3) is 0 Å². The molecule has 0 bridgehead atoms. The van der Waals surface area contributed by atoms with Gasteiger partial charge in [-0.2, -0.15) is 5.26 Å². The molecule has 0 saturated carbocycles. The number of nitriles is 1. The summed E-state index contributed by atoms with van der Waals surface area (Å²) in [5.74, 6) is 0. The van der Waals surface area contributed by atoms with Crippen LogP contribution >= 0.6 is 11.3 Å². The van der Waals surface area contributed by atoms with E-state index in [1.54, 1.807) is 7.11 Å². The van der Waals surface area contributed by atoms with Crippen LogP contribution in [0.3, 0.4) is 0 Å². The Bertz CT molecular complexity index is 289. The van der Waals surface area contributed by atoms with Crippen molar-refractivity contribution in [2.24, 2.45) is 0 Å². The SMILES string of the molecule is CO[C@H](C)c1nc(CC#N)cs1. The summed E-state index contributed by atoms with van der Waals surface area (Å²) in [4.78, 5) is 4.24. The van der Waals surface area contributed by atoms with Crippen LogP contribution in [-0.4, -0.2) is 12.1 Å². The highest BCUT2D eigenvalue weighted by Gasteiger charge is 2.08. The molecule has 4 heteroatoms. The molecule has 0 aromatic carbocycles. The summed E-state index contributed by atoms with van der Waals surface area (Å²) in [5, 5.41) is 11.2. The molecule has 0 radical (unpaired) electrons. The van der Waals surface area contributed by atoms with Gasteiger partial charge < -0.3 is 4.74 Å². The van der Waals surface area contributed by atoms with E-state index < -0.39 is 0 Å². The first kappa shape index (κ1) is 9.17. The van der Waals surface area contributed by atoms with E-state index in [1.807, 2.05) is 12.3 Å². The second kappa shape index (κ2) is 4.19. The van der Waals surface area contributed by atoms with Crippen LogP contribution in [0.2, 0.25) is 0 Å². The molecule has 0 N–H and O–H groups in total. The molecule has 0 spiro atoms. The van der Waals surface area contributed by atoms with Gasteiger partial charge in [0.05, 0.1) is 18.2 Å². The highest BCUT2D eigenvalue weighted by molar-refractivity contribution is 7.09. The molecule has 0 unspecified atom stereocenters. The first-order valence-electron chi connectivity index (χ1n) is 3.62. The second-order valence-electron chi connectivity index (χ2n) is 2.39. The van der Waals surface area contributed by atoms with Gasteiger partial charge in [-0.05, 0) is 6.92 Å². The number of thiazole rings is 1. The predicted molar refractivity (Wildman–Crippen MR) is 46.9 cm³/mol. The lowest BCUT2D eigenvalue weighted by atomic mass is 10.3. The monoisotopic (exact) mass is 182 g/mol. The Kier molecular flexibility index (Phi) is 3.20. The van der Waals surface area contributed by atoms with Crippen molar-refractivity contribution in [1.29, 1.82) is 5.26 Å². The molecule has 0 amide bonds. The van der Waals surface area contributed by atoms with Gasteiger partial charge in [-0.1, -0.05) is 0 Å². The normalized spacial score (nSPS) is 12.4. The van der Waals surface area contributed by atoms with Crippen LogP contribution in [0.15, 0.2) is 5.38 Å². The zero-order valence-corrected chi connectivity index (χ0v) is 7.89. The van der Waals surface area contributed by atoms with Crippen molar-refractivity contribution in [3.05, 3.63) is 16.1 Å². The lowest BCUT2D eigenvalue weighted by molar-refractivity contribution is 0.119. The quantitative estimate of drug-likeness (QED) is 0.717. The van der Waals surface area contributed by atoms with Crippen molar-refractivity contribution in [3.8, 4) is 6.07 Å². The van der Waals surface area contributed by atoms with Crippen LogP contribution in [0.4, 0.5) is 0 Å². The second-order valence-corrected chi connectivity index (χ2v) is 3.28. The molecular formula is C8H10N2OS. The maximum atomic E-state index is 8.41. The van der Waals surface area contributed by atoms with Crippen molar-refractivity contribution in [3.63, 3.8) is 0 Å². The van der Waals surface area contributed by atoms with E-state index in [0.717, 1.165) is 10.7 Å². The maximum Gasteiger partial charge on any atom is 0.122 e. The number of hydrogen-bond acceptors (Lipinski definition) is 4. The van der Waals surface area contributed by atoms with Gasteiger partial charge in [0.15, 0.2) is 0 Å². The van der Waals surface area contributed by atoms with Gasteiger partial charge >= 0.3 is 0 Å². The molecule has 3 nitrogen and oxygen atoms in total. The third-order valence-electron chi connectivity index (χ3n) is 1.53. The van der Waals surface area contributed by atoms with Crippen molar-refractivity contribution in [2.45, 2.75) is 19.4 Å². The van der Waals surface area contributed by atoms with Crippen LogP contribution in [0.5, 0.6) is 0 Å². The summed E-state index contributed by atoms with van der Waals surface area (Å²) in [6.45, 7) is 1.94. The van der Waals surface area contributed by atoms with Gasteiger partial charge in [-0.25, -0.2) is 4.98 Å². The molecule has 12 heavy (non-hydrogen) atoms. The van der Waals surface area contributed by atoms with Crippen LogP contribution in [-0.2, 0) is 11.2 Å². The lowest BCUT2D eigenvalue weighted by Crippen LogP contribution is -1.95. The van der Waals surface area contributed by atoms with Crippen LogP contribution in [0, 0.1) is 11.3 Å². The van der Waals surface area contributed by atoms with E-state index in [2.05, 4.69) is 11.1 Å². The van der Waals surface area contributed by atoms with Gasteiger partial charge in [0.25, 0.3) is 0 Å². The Morgan fingerprint density at radius 1 is 1.83 bits per heavy atom. The number of aromatic nitrogens is 1. The molecule has 1 aromatic heterocycles. The molecule has 1 aromatic rings. The van der Waals surface area contributed by atoms with Gasteiger partial charge in [0, 0.05) is 12.5 Å². The minimum atomic E-state index is 0.0300. The number of ether oxygens (including phenoxy) is 1. The first-order valence-corrected chi connectivity index (χ1v) is 4.50. The molecule has 0 saturated heterocycles. The molecule has 1 atom stereocenters. The fraction of sp³-hybridized carbons (Fsp3) is 0.500. The van der Waals surface area contributed by atoms with E-state index in [1.165, 1.54) is 11.3 Å². The number of rotatable bonds is 3. The Balaban J connectivity index is 2.71. The Hall–Kier alpha value is -0.920. The van der Waals surface area contributed by atoms with Crippen LogP contribution in [0.1, 0.15) is 23.7 Å². The van der Waals surface area contributed by atoms with Gasteiger partial charge in [-0.15, -0.1) is 11.3 Å². The number of hydrogen-bond donors (Lipinski definition) is 0. The topological polar surface area (TPSA) is 45.9 Å². The first-order chi connectivity index (χ1) is 5.77. The van der Waals surface area contributed by atoms with E-state index in [9.17, 15) is 0 Å². The average Bonchev–Trinajstić information content (AvgIpc) is 2.52. The standard InChI is InChI=1S/C8H10N2OS/c1-6(11-2)8-10-7(3-4-9)5-12-8/h5-6H,3H2,1-2H3/t6-/m1/s1. The number of methoxy groups -OCH3 is 1. The number of nitrogens with zero attached hydrogens (tertiary/aromatic N) is 2. The summed E-state index contributed by atoms with van der Waals surface area (Å²) < 4.78 is 5.09. The van der Waals surface area contributed by atoms with Crippen molar-refractivity contribution in [1.82, 2.24) is 4.98 Å². The fourth-order valence-electron chi connectivity index (χ4n) is 0.772. The maximum absolute atomic E-state index is 8.41. The highest BCUT2D eigenvalue weighted by Crippen LogP contribution is 2.20. The van der Waals surface area contributed by atoms with E-state index in [0.29, 0.717) is 6.42 Å². The van der Waals surface area contributed by atoms with Crippen LogP contribution < -0.4 is 0 Å². The van der Waals surface area contributed by atoms with E-state index in [4.69, 9.17) is 10.00 Å². The summed E-state index contributed by atoms with van der Waals surface area (Å²) in [6, 6.07) is 2.06. The average molecular weight is 182 g/mol. The molecule has 0 aliphatic heterocycles. The smallest absolute Gasteiger partial charge is 0.122 e. The van der Waals surface area contributed by atoms with Crippen molar-refractivity contribution < 1.29 is 4.74 Å². The summed E-state index contributed by atoms with van der Waals surface area (Å²) in [6.07, 6.45) is 0.412. The van der Waals surface area contributed by atoms with Gasteiger partial charge in [0.1, 0.15) is 11.1 Å². The van der Waals surface area contributed by atoms with E-state index >= 15 is 0 Å². The minimum Gasteiger partial charge on any atom is -0.375 e. The third-order valence-corrected chi connectivity index (χ3v) is 2.59. The Morgan fingerprint density at radius 3 is 3.17 bits per heavy atom. The highest BCUT2D eigenvalue weighted by atomic mass is 32.1. The Morgan fingerprint density at radius 2 is 2.58 bits per heavy atom. The zero-order chi connectivity index (χ0) is 8.97. The van der Waals surface area contributed by atoms with Gasteiger partial charge in [0.2, 0.25) is 0 Å². The lowest BCUT2D eigenvalue weighted by Gasteiger charge is -2.03. The largest absolute Gasteiger partial charge is 0.375 e. The molecular weight excluding hydrogens is 172 g/mol. The molecule has 0 aliphatic carbocycles. The third kappa shape index (κ3) is 2.03. The van der Waals surface area contributed by atoms with Crippen molar-refractivity contribution in [2.75, 3.05) is 7.11 Å². The molecule has 0 aliphatic rings. The minimum absolute atomic E-state index is 0.0300. The zero-order valence-electron chi connectivity index (χ0n) is 7.07. The van der Waals surface area contributed by atoms with Crippen molar-refractivity contribution >= 4 is 11.3 Å². The summed E-state index contributed by atoms with van der Waals surface area (Å²) in [7, 11) is 1.65. The predicted octanol–water partition coefficient (Wildman–Crippen LogP) is 1.92. The fourth-order valence-corrected chi connectivity index (χ4v) is 1.62. The molecule has 64 valence electrons. The van der Waals surface area contributed by atoms with Gasteiger partial charge in [-0.3, -0.25) is 0 Å². The summed E-state index contributed by atoms with van der Waals surface area (Å²) in [5.41, 5.74) is 0.835.